The van der Waals surface area contributed by atoms with Crippen LogP contribution in [0.25, 0.3) is 0 Å². The van der Waals surface area contributed by atoms with Crippen LogP contribution in [0.15, 0.2) is 12.1 Å². The predicted octanol–water partition coefficient (Wildman–Crippen LogP) is 4.22. The summed E-state index contributed by atoms with van der Waals surface area (Å²) in [7, 11) is 0. The molecule has 0 spiro atoms. The molecule has 4 unspecified atom stereocenters. The maximum absolute atomic E-state index is 12.3. The summed E-state index contributed by atoms with van der Waals surface area (Å²) in [4.78, 5) is 14.7. The maximum atomic E-state index is 12.3. The quantitative estimate of drug-likeness (QED) is 0.884. The van der Waals surface area contributed by atoms with Gasteiger partial charge in [0.25, 0.3) is 0 Å². The van der Waals surface area contributed by atoms with Crippen molar-refractivity contribution in [2.75, 3.05) is 0 Å². The Kier molecular flexibility index (Phi) is 5.82. The van der Waals surface area contributed by atoms with Crippen molar-refractivity contribution in [2.24, 2.45) is 5.92 Å². The molecule has 1 aliphatic rings. The molecule has 0 radical (unpaired) electrons. The second kappa shape index (κ2) is 7.41. The summed E-state index contributed by atoms with van der Waals surface area (Å²) >= 11 is 1.73. The van der Waals surface area contributed by atoms with Crippen molar-refractivity contribution in [3.63, 3.8) is 0 Å². The van der Waals surface area contributed by atoms with Gasteiger partial charge in [0.2, 0.25) is 5.91 Å². The van der Waals surface area contributed by atoms with Gasteiger partial charge in [-0.15, -0.1) is 11.3 Å². The van der Waals surface area contributed by atoms with Crippen molar-refractivity contribution in [1.29, 1.82) is 0 Å². The third kappa shape index (κ3) is 4.82. The fourth-order valence-electron chi connectivity index (χ4n) is 2.94. The van der Waals surface area contributed by atoms with E-state index in [2.05, 4.69) is 31.3 Å². The number of hydrogen-bond acceptors (Lipinski definition) is 3. The van der Waals surface area contributed by atoms with Gasteiger partial charge in [0.1, 0.15) is 6.10 Å². The highest BCUT2D eigenvalue weighted by molar-refractivity contribution is 7.12. The fraction of sp³-hybridized carbons (Fsp3) is 0.706. The van der Waals surface area contributed by atoms with E-state index in [9.17, 15) is 4.79 Å². The summed E-state index contributed by atoms with van der Waals surface area (Å²) < 4.78 is 5.96. The van der Waals surface area contributed by atoms with E-state index in [0.717, 1.165) is 12.8 Å². The van der Waals surface area contributed by atoms with E-state index in [4.69, 9.17) is 4.74 Å². The second-order valence-corrected chi connectivity index (χ2v) is 7.67. The van der Waals surface area contributed by atoms with Gasteiger partial charge in [-0.25, -0.2) is 0 Å². The zero-order valence-electron chi connectivity index (χ0n) is 13.5. The summed E-state index contributed by atoms with van der Waals surface area (Å²) in [5.74, 6) is 0.707. The first-order chi connectivity index (χ1) is 9.95. The number of carbonyl (C=O) groups excluding carboxylic acids is 1. The third-order valence-corrected chi connectivity index (χ3v) is 5.38. The third-order valence-electron chi connectivity index (χ3n) is 4.20. The molecule has 1 heterocycles. The first-order valence-electron chi connectivity index (χ1n) is 7.98. The van der Waals surface area contributed by atoms with Crippen molar-refractivity contribution in [1.82, 2.24) is 5.32 Å². The van der Waals surface area contributed by atoms with Gasteiger partial charge in [0.15, 0.2) is 0 Å². The van der Waals surface area contributed by atoms with Crippen LogP contribution in [0.1, 0.15) is 62.3 Å². The molecule has 1 aromatic rings. The van der Waals surface area contributed by atoms with Gasteiger partial charge in [-0.05, 0) is 51.7 Å². The molecule has 1 aliphatic carbocycles. The largest absolute Gasteiger partial charge is 0.365 e. The molecule has 1 aromatic heterocycles. The molecule has 0 bridgehead atoms. The van der Waals surface area contributed by atoms with Gasteiger partial charge in [-0.3, -0.25) is 4.79 Å². The van der Waals surface area contributed by atoms with Crippen molar-refractivity contribution >= 4 is 17.2 Å². The number of thiophene rings is 1. The molecule has 1 amide bonds. The summed E-state index contributed by atoms with van der Waals surface area (Å²) in [5, 5.41) is 3.06. The predicted molar refractivity (Wildman–Crippen MR) is 87.6 cm³/mol. The first-order valence-corrected chi connectivity index (χ1v) is 8.79. The van der Waals surface area contributed by atoms with E-state index in [0.29, 0.717) is 5.92 Å². The van der Waals surface area contributed by atoms with E-state index < -0.39 is 0 Å². The smallest absolute Gasteiger partial charge is 0.249 e. The molecule has 0 aromatic carbocycles. The monoisotopic (exact) mass is 309 g/mol. The Balaban J connectivity index is 1.81. The highest BCUT2D eigenvalue weighted by atomic mass is 32.1. The summed E-state index contributed by atoms with van der Waals surface area (Å²) in [6.07, 6.45) is 4.54. The standard InChI is InChI=1S/C17H27NO2S/c1-11-6-5-7-15(10-11)20-14(4)17(19)18-13(3)16-9-8-12(2)21-16/h8-9,11,13-15H,5-7,10H2,1-4H3,(H,18,19). The molecule has 0 saturated heterocycles. The van der Waals surface area contributed by atoms with E-state index in [1.165, 1.54) is 22.6 Å². The van der Waals surface area contributed by atoms with Crippen LogP contribution in [-0.4, -0.2) is 18.1 Å². The van der Waals surface area contributed by atoms with E-state index in [1.54, 1.807) is 11.3 Å². The normalized spacial score (nSPS) is 25.3. The lowest BCUT2D eigenvalue weighted by molar-refractivity contribution is -0.137. The lowest BCUT2D eigenvalue weighted by atomic mass is 9.88. The molecule has 2 rings (SSSR count). The molecular formula is C17H27NO2S. The van der Waals surface area contributed by atoms with Gasteiger partial charge >= 0.3 is 0 Å². The van der Waals surface area contributed by atoms with Gasteiger partial charge in [-0.1, -0.05) is 19.8 Å². The zero-order chi connectivity index (χ0) is 15.4. The number of aryl methyl sites for hydroxylation is 1. The molecule has 4 atom stereocenters. The Bertz CT molecular complexity index is 471. The van der Waals surface area contributed by atoms with Gasteiger partial charge in [0, 0.05) is 9.75 Å². The number of hydrogen-bond donors (Lipinski definition) is 1. The zero-order valence-corrected chi connectivity index (χ0v) is 14.3. The topological polar surface area (TPSA) is 38.3 Å². The van der Waals surface area contributed by atoms with E-state index >= 15 is 0 Å². The van der Waals surface area contributed by atoms with E-state index in [-0.39, 0.29) is 24.2 Å². The minimum Gasteiger partial charge on any atom is -0.365 e. The number of carbonyl (C=O) groups is 1. The van der Waals surface area contributed by atoms with Gasteiger partial charge in [-0.2, -0.15) is 0 Å². The number of ether oxygens (including phenoxy) is 1. The highest BCUT2D eigenvalue weighted by Crippen LogP contribution is 2.27. The van der Waals surface area contributed by atoms with Crippen LogP contribution in [0.2, 0.25) is 0 Å². The minimum absolute atomic E-state index is 0.00761. The van der Waals surface area contributed by atoms with Crippen molar-refractivity contribution in [3.8, 4) is 0 Å². The van der Waals surface area contributed by atoms with Crippen LogP contribution in [-0.2, 0) is 9.53 Å². The van der Waals surface area contributed by atoms with Crippen LogP contribution >= 0.6 is 11.3 Å². The van der Waals surface area contributed by atoms with Crippen LogP contribution in [0.4, 0.5) is 0 Å². The van der Waals surface area contributed by atoms with Crippen LogP contribution in [0.3, 0.4) is 0 Å². The summed E-state index contributed by atoms with van der Waals surface area (Å²) in [6.45, 7) is 8.24. The molecule has 4 heteroatoms. The molecular weight excluding hydrogens is 282 g/mol. The Hall–Kier alpha value is -0.870. The Morgan fingerprint density at radius 3 is 2.76 bits per heavy atom. The van der Waals surface area contributed by atoms with Crippen molar-refractivity contribution in [2.45, 2.75) is 71.6 Å². The van der Waals surface area contributed by atoms with Gasteiger partial charge < -0.3 is 10.1 Å². The fourth-order valence-corrected chi connectivity index (χ4v) is 3.82. The lowest BCUT2D eigenvalue weighted by Gasteiger charge is -2.29. The minimum atomic E-state index is -0.371. The van der Waals surface area contributed by atoms with Crippen LogP contribution < -0.4 is 5.32 Å². The summed E-state index contributed by atoms with van der Waals surface area (Å²) in [5.41, 5.74) is 0. The average Bonchev–Trinajstić information content (AvgIpc) is 2.85. The molecule has 0 aliphatic heterocycles. The van der Waals surface area contributed by atoms with Crippen LogP contribution in [0, 0.1) is 12.8 Å². The molecule has 1 fully saturated rings. The van der Waals surface area contributed by atoms with Crippen molar-refractivity contribution in [3.05, 3.63) is 21.9 Å². The number of amides is 1. The molecule has 3 nitrogen and oxygen atoms in total. The molecule has 1 N–H and O–H groups in total. The maximum Gasteiger partial charge on any atom is 0.249 e. The second-order valence-electron chi connectivity index (χ2n) is 6.35. The highest BCUT2D eigenvalue weighted by Gasteiger charge is 2.25. The Labute approximate surface area is 132 Å². The lowest BCUT2D eigenvalue weighted by Crippen LogP contribution is -2.38. The van der Waals surface area contributed by atoms with E-state index in [1.807, 2.05) is 13.8 Å². The average molecular weight is 309 g/mol. The first kappa shape index (κ1) is 16.5. The number of nitrogens with one attached hydrogen (secondary N) is 1. The molecule has 118 valence electrons. The van der Waals surface area contributed by atoms with Gasteiger partial charge in [0.05, 0.1) is 12.1 Å². The molecule has 1 saturated carbocycles. The Morgan fingerprint density at radius 2 is 2.14 bits per heavy atom. The van der Waals surface area contributed by atoms with Crippen molar-refractivity contribution < 1.29 is 9.53 Å². The SMILES string of the molecule is Cc1ccc(C(C)NC(=O)C(C)OC2CCCC(C)C2)s1. The number of rotatable bonds is 5. The Morgan fingerprint density at radius 1 is 1.38 bits per heavy atom. The van der Waals surface area contributed by atoms with Crippen LogP contribution in [0.5, 0.6) is 0 Å². The summed E-state index contributed by atoms with van der Waals surface area (Å²) in [6, 6.07) is 4.22. The molecule has 21 heavy (non-hydrogen) atoms.